The van der Waals surface area contributed by atoms with Gasteiger partial charge < -0.3 is 18.9 Å². The molecule has 1 aliphatic heterocycles. The Morgan fingerprint density at radius 2 is 1.32 bits per heavy atom. The third kappa shape index (κ3) is 8.37. The number of thioether (sulfide) groups is 1. The lowest BCUT2D eigenvalue weighted by molar-refractivity contribution is -0.228. The monoisotopic (exact) mass is 458 g/mol. The molecule has 13 heteroatoms. The van der Waals surface area contributed by atoms with Crippen molar-refractivity contribution >= 4 is 54.4 Å². The van der Waals surface area contributed by atoms with E-state index in [1.807, 2.05) is 0 Å². The van der Waals surface area contributed by atoms with E-state index in [2.05, 4.69) is 0 Å². The Morgan fingerprint density at radius 1 is 0.857 bits per heavy atom. The topological polar surface area (TPSA) is 139 Å². The molecule has 0 spiro atoms. The van der Waals surface area contributed by atoms with E-state index in [4.69, 9.17) is 18.9 Å². The van der Waals surface area contributed by atoms with Crippen molar-refractivity contribution in [1.29, 1.82) is 0 Å². The molecule has 1 fully saturated rings. The van der Waals surface area contributed by atoms with E-state index in [0.29, 0.717) is 10.8 Å². The number of carbonyl (C=O) groups is 4. The molecular formula is C15H22O10S3. The Morgan fingerprint density at radius 3 is 1.75 bits per heavy atom. The Labute approximate surface area is 170 Å². The van der Waals surface area contributed by atoms with Crippen molar-refractivity contribution in [3.8, 4) is 0 Å². The number of rotatable bonds is 7. The van der Waals surface area contributed by atoms with Crippen LogP contribution in [0.1, 0.15) is 27.7 Å². The molecule has 160 valence electrons. The van der Waals surface area contributed by atoms with Gasteiger partial charge >= 0.3 is 17.9 Å². The summed E-state index contributed by atoms with van der Waals surface area (Å²) < 4.78 is 44.9. The summed E-state index contributed by atoms with van der Waals surface area (Å²) in [6.07, 6.45) is -3.95. The summed E-state index contributed by atoms with van der Waals surface area (Å²) in [5.74, 6) is -2.26. The maximum absolute atomic E-state index is 11.8. The summed E-state index contributed by atoms with van der Waals surface area (Å²) in [4.78, 5) is 46.1. The lowest BCUT2D eigenvalue weighted by atomic mass is 10.00. The maximum atomic E-state index is 11.8. The molecule has 0 N–H and O–H groups in total. The van der Waals surface area contributed by atoms with Gasteiger partial charge in [-0.1, -0.05) is 11.8 Å². The molecule has 0 aromatic rings. The number of carbonyl (C=O) groups excluding carboxylic acids is 4. The van der Waals surface area contributed by atoms with Crippen LogP contribution in [0.5, 0.6) is 0 Å². The summed E-state index contributed by atoms with van der Waals surface area (Å²) in [5, 5.41) is -0.247. The zero-order valence-corrected chi connectivity index (χ0v) is 18.4. The maximum Gasteiger partial charge on any atom is 0.303 e. The van der Waals surface area contributed by atoms with Gasteiger partial charge in [0.25, 0.3) is 0 Å². The van der Waals surface area contributed by atoms with Gasteiger partial charge in [-0.25, -0.2) is 8.42 Å². The second-order valence-electron chi connectivity index (χ2n) is 5.87. The van der Waals surface area contributed by atoms with E-state index in [1.165, 1.54) is 6.92 Å². The van der Waals surface area contributed by atoms with E-state index in [0.717, 1.165) is 38.8 Å². The van der Waals surface area contributed by atoms with Crippen molar-refractivity contribution in [2.75, 3.05) is 12.0 Å². The van der Waals surface area contributed by atoms with Crippen LogP contribution in [-0.2, 0) is 47.0 Å². The Hall–Kier alpha value is -1.31. The van der Waals surface area contributed by atoms with Crippen LogP contribution < -0.4 is 0 Å². The van der Waals surface area contributed by atoms with E-state index < -0.39 is 56.6 Å². The molecule has 0 aromatic heterocycles. The first-order valence-electron chi connectivity index (χ1n) is 7.99. The molecule has 1 saturated heterocycles. The fourth-order valence-electron chi connectivity index (χ4n) is 2.44. The third-order valence-electron chi connectivity index (χ3n) is 3.22. The van der Waals surface area contributed by atoms with Gasteiger partial charge in [-0.2, -0.15) is 0 Å². The molecule has 28 heavy (non-hydrogen) atoms. The van der Waals surface area contributed by atoms with E-state index in [9.17, 15) is 27.6 Å². The highest BCUT2D eigenvalue weighted by Gasteiger charge is 2.52. The lowest BCUT2D eigenvalue weighted by Gasteiger charge is -2.43. The fourth-order valence-corrected chi connectivity index (χ4v) is 5.46. The second kappa shape index (κ2) is 10.5. The third-order valence-corrected chi connectivity index (χ3v) is 6.66. The van der Waals surface area contributed by atoms with Crippen LogP contribution in [0.4, 0.5) is 0 Å². The van der Waals surface area contributed by atoms with E-state index in [-0.39, 0.29) is 10.9 Å². The Kier molecular flexibility index (Phi) is 9.24. The van der Waals surface area contributed by atoms with Crippen LogP contribution in [0.25, 0.3) is 0 Å². The Balaban J connectivity index is 3.36. The first-order valence-corrected chi connectivity index (χ1v) is 12.3. The predicted octanol–water partition coefficient (Wildman–Crippen LogP) is 0.479. The minimum Gasteiger partial charge on any atom is -0.456 e. The smallest absolute Gasteiger partial charge is 0.303 e. The second-order valence-corrected chi connectivity index (χ2v) is 11.5. The molecule has 0 amide bonds. The molecular weight excluding hydrogens is 436 g/mol. The van der Waals surface area contributed by atoms with E-state index >= 15 is 0 Å². The number of esters is 3. The van der Waals surface area contributed by atoms with Crippen molar-refractivity contribution in [2.24, 2.45) is 0 Å². The number of ether oxygens (including phenoxy) is 4. The molecule has 5 atom stereocenters. The molecule has 1 heterocycles. The minimum atomic E-state index is -3.66. The van der Waals surface area contributed by atoms with Gasteiger partial charge in [0, 0.05) is 50.5 Å². The average molecular weight is 459 g/mol. The van der Waals surface area contributed by atoms with Gasteiger partial charge in [-0.05, 0) is 0 Å². The summed E-state index contributed by atoms with van der Waals surface area (Å²) in [5.41, 5.74) is -1.27. The van der Waals surface area contributed by atoms with E-state index in [1.54, 1.807) is 0 Å². The molecule has 3 unspecified atom stereocenters. The standard InChI is InChI=1S/C15H22O10S3/c1-7(16)22-12-11(6-26-10(4)19)25-15(27-28(5,20)21)14(24-9(3)18)13(12)23-8(2)17/h11-15H,6H2,1-5H3/t11?,12-,13?,14?,15+/m1/s1. The largest absolute Gasteiger partial charge is 0.456 e. The average Bonchev–Trinajstić information content (AvgIpc) is 2.48. The fraction of sp³-hybridized carbons (Fsp3) is 0.733. The van der Waals surface area contributed by atoms with Crippen molar-refractivity contribution in [2.45, 2.75) is 57.5 Å². The first-order chi connectivity index (χ1) is 12.8. The number of hydrogen-bond acceptors (Lipinski definition) is 12. The molecule has 0 saturated carbocycles. The highest BCUT2D eigenvalue weighted by molar-refractivity contribution is 8.72. The summed E-state index contributed by atoms with van der Waals surface area (Å²) in [6, 6.07) is 0. The highest BCUT2D eigenvalue weighted by atomic mass is 33.1. The zero-order valence-electron chi connectivity index (χ0n) is 15.9. The van der Waals surface area contributed by atoms with Crippen molar-refractivity contribution in [3.63, 3.8) is 0 Å². The summed E-state index contributed by atoms with van der Waals surface area (Å²) >= 11 is 0.863. The predicted molar refractivity (Wildman–Crippen MR) is 101 cm³/mol. The van der Waals surface area contributed by atoms with Crippen molar-refractivity contribution in [3.05, 3.63) is 0 Å². The summed E-state index contributed by atoms with van der Waals surface area (Å²) in [6.45, 7) is 4.63. The lowest BCUT2D eigenvalue weighted by Crippen LogP contribution is -2.61. The van der Waals surface area contributed by atoms with Crippen LogP contribution in [0.2, 0.25) is 0 Å². The molecule has 10 nitrogen and oxygen atoms in total. The first kappa shape index (κ1) is 24.7. The molecule has 1 aliphatic rings. The van der Waals surface area contributed by atoms with Gasteiger partial charge in [0.15, 0.2) is 28.9 Å². The normalized spacial score (nSPS) is 27.5. The van der Waals surface area contributed by atoms with Crippen LogP contribution in [0.3, 0.4) is 0 Å². The van der Waals surface area contributed by atoms with Crippen LogP contribution in [-0.4, -0.2) is 73.3 Å². The SMILES string of the molecule is CC(=O)OC1C(OC(C)=O)[C@H](SS(C)(=O)=O)OC(CSC(C)=O)[C@H]1OC(C)=O. The molecule has 0 bridgehead atoms. The van der Waals surface area contributed by atoms with Gasteiger partial charge in [-0.15, -0.1) is 0 Å². The minimum absolute atomic E-state index is 0.00133. The zero-order chi connectivity index (χ0) is 21.6. The summed E-state index contributed by atoms with van der Waals surface area (Å²) in [7, 11) is -3.30. The van der Waals surface area contributed by atoms with Gasteiger partial charge in [0.1, 0.15) is 6.10 Å². The number of hydrogen-bond donors (Lipinski definition) is 0. The Bertz CT molecular complexity index is 720. The van der Waals surface area contributed by atoms with Crippen molar-refractivity contribution in [1.82, 2.24) is 0 Å². The molecule has 0 aliphatic carbocycles. The highest BCUT2D eigenvalue weighted by Crippen LogP contribution is 2.37. The quantitative estimate of drug-likeness (QED) is 0.298. The van der Waals surface area contributed by atoms with Gasteiger partial charge in [-0.3, -0.25) is 19.2 Å². The van der Waals surface area contributed by atoms with Gasteiger partial charge in [0.2, 0.25) is 8.87 Å². The van der Waals surface area contributed by atoms with Gasteiger partial charge in [0.05, 0.1) is 0 Å². The van der Waals surface area contributed by atoms with Crippen LogP contribution >= 0.6 is 22.6 Å². The van der Waals surface area contributed by atoms with Crippen molar-refractivity contribution < 1.29 is 46.5 Å². The van der Waals surface area contributed by atoms with Crippen LogP contribution in [0.15, 0.2) is 0 Å². The van der Waals surface area contributed by atoms with Crippen LogP contribution in [0, 0.1) is 0 Å². The molecule has 0 radical (unpaired) electrons. The molecule has 1 rings (SSSR count). The molecule has 0 aromatic carbocycles.